The molecular formula is C10H13N3O4. The van der Waals surface area contributed by atoms with Crippen LogP contribution < -0.4 is 16.2 Å². The molecule has 0 aliphatic rings. The fourth-order valence-corrected chi connectivity index (χ4v) is 1.40. The van der Waals surface area contributed by atoms with Crippen LogP contribution in [0.5, 0.6) is 5.75 Å². The molecule has 0 bridgehead atoms. The molecule has 0 heterocycles. The van der Waals surface area contributed by atoms with Gasteiger partial charge < -0.3 is 16.2 Å². The Morgan fingerprint density at radius 2 is 2.18 bits per heavy atom. The number of anilines is 1. The van der Waals surface area contributed by atoms with E-state index < -0.39 is 10.7 Å². The molecule has 7 nitrogen and oxygen atoms in total. The van der Waals surface area contributed by atoms with E-state index in [1.807, 2.05) is 0 Å². The van der Waals surface area contributed by atoms with Crippen LogP contribution >= 0.6 is 0 Å². The molecule has 7 heteroatoms. The first-order valence-electron chi connectivity index (χ1n) is 4.89. The maximum absolute atomic E-state index is 11.4. The number of nitro groups is 1. The summed E-state index contributed by atoms with van der Waals surface area (Å²) in [5, 5.41) is 10.7. The lowest BCUT2D eigenvalue weighted by Crippen LogP contribution is -2.13. The van der Waals surface area contributed by atoms with E-state index in [9.17, 15) is 14.9 Å². The fourth-order valence-electron chi connectivity index (χ4n) is 1.40. The van der Waals surface area contributed by atoms with E-state index in [0.29, 0.717) is 0 Å². The van der Waals surface area contributed by atoms with Crippen molar-refractivity contribution < 1.29 is 14.5 Å². The Morgan fingerprint density at radius 1 is 1.53 bits per heavy atom. The van der Waals surface area contributed by atoms with Crippen molar-refractivity contribution in [1.82, 2.24) is 0 Å². The second kappa shape index (κ2) is 5.26. The second-order valence-electron chi connectivity index (χ2n) is 3.32. The Morgan fingerprint density at radius 3 is 2.65 bits per heavy atom. The highest BCUT2D eigenvalue weighted by Crippen LogP contribution is 2.32. The van der Waals surface area contributed by atoms with E-state index in [2.05, 4.69) is 0 Å². The minimum atomic E-state index is -0.644. The van der Waals surface area contributed by atoms with Crippen molar-refractivity contribution >= 4 is 17.2 Å². The predicted molar refractivity (Wildman–Crippen MR) is 62.1 cm³/mol. The van der Waals surface area contributed by atoms with Gasteiger partial charge in [0.1, 0.15) is 18.0 Å². The van der Waals surface area contributed by atoms with Crippen molar-refractivity contribution in [2.24, 2.45) is 5.73 Å². The molecule has 17 heavy (non-hydrogen) atoms. The molecule has 92 valence electrons. The number of Topliss-reactive ketones (excluding diaryl/α,β-unsaturated/α-hetero) is 1. The van der Waals surface area contributed by atoms with Gasteiger partial charge >= 0.3 is 0 Å². The molecule has 0 amide bonds. The van der Waals surface area contributed by atoms with Gasteiger partial charge in [0.2, 0.25) is 0 Å². The van der Waals surface area contributed by atoms with Gasteiger partial charge in [0.05, 0.1) is 10.5 Å². The first-order chi connectivity index (χ1) is 7.99. The van der Waals surface area contributed by atoms with Gasteiger partial charge in [-0.25, -0.2) is 0 Å². The van der Waals surface area contributed by atoms with E-state index in [0.717, 1.165) is 0 Å². The zero-order valence-electron chi connectivity index (χ0n) is 9.30. The maximum atomic E-state index is 11.4. The number of ether oxygens (including phenoxy) is 1. The molecule has 1 aromatic rings. The fraction of sp³-hybridized carbons (Fsp3) is 0.300. The summed E-state index contributed by atoms with van der Waals surface area (Å²) in [5.74, 6) is -0.177. The second-order valence-corrected chi connectivity index (χ2v) is 3.32. The smallest absolute Gasteiger partial charge is 0.293 e. The van der Waals surface area contributed by atoms with Gasteiger partial charge in [0.25, 0.3) is 5.69 Å². The number of nitrogens with zero attached hydrogens (tertiary/aromatic N) is 1. The van der Waals surface area contributed by atoms with E-state index in [4.69, 9.17) is 16.2 Å². The van der Waals surface area contributed by atoms with Gasteiger partial charge in [0.15, 0.2) is 5.78 Å². The summed E-state index contributed by atoms with van der Waals surface area (Å²) in [6.45, 7) is 1.75. The third-order valence-electron chi connectivity index (χ3n) is 2.11. The minimum absolute atomic E-state index is 0.0210. The molecule has 0 spiro atoms. The van der Waals surface area contributed by atoms with Gasteiger partial charge in [-0.2, -0.15) is 0 Å². The van der Waals surface area contributed by atoms with Crippen molar-refractivity contribution in [3.63, 3.8) is 0 Å². The SMILES string of the molecule is CC(=O)c1c(OCCN)ccc([N+](=O)[O-])c1N. The summed E-state index contributed by atoms with van der Waals surface area (Å²) < 4.78 is 5.21. The van der Waals surface area contributed by atoms with Gasteiger partial charge in [-0.1, -0.05) is 0 Å². The highest BCUT2D eigenvalue weighted by atomic mass is 16.6. The first-order valence-corrected chi connectivity index (χ1v) is 4.89. The zero-order valence-corrected chi connectivity index (χ0v) is 9.30. The average Bonchev–Trinajstić information content (AvgIpc) is 2.25. The molecule has 0 unspecified atom stereocenters. The van der Waals surface area contributed by atoms with Crippen LogP contribution in [0.2, 0.25) is 0 Å². The minimum Gasteiger partial charge on any atom is -0.491 e. The van der Waals surface area contributed by atoms with Gasteiger partial charge in [-0.3, -0.25) is 14.9 Å². The van der Waals surface area contributed by atoms with Crippen LogP contribution in [0.3, 0.4) is 0 Å². The molecule has 0 fully saturated rings. The molecule has 1 aromatic carbocycles. The predicted octanol–water partition coefficient (Wildman–Crippen LogP) is 0.717. The lowest BCUT2D eigenvalue weighted by molar-refractivity contribution is -0.383. The Labute approximate surface area is 97.5 Å². The zero-order chi connectivity index (χ0) is 13.0. The van der Waals surface area contributed by atoms with Crippen LogP contribution in [0.15, 0.2) is 12.1 Å². The van der Waals surface area contributed by atoms with Crippen LogP contribution in [0.4, 0.5) is 11.4 Å². The van der Waals surface area contributed by atoms with Crippen molar-refractivity contribution in [3.8, 4) is 5.75 Å². The van der Waals surface area contributed by atoms with Crippen molar-refractivity contribution in [1.29, 1.82) is 0 Å². The van der Waals surface area contributed by atoms with Crippen LogP contribution in [0, 0.1) is 10.1 Å². The number of nitrogen functional groups attached to an aromatic ring is 1. The van der Waals surface area contributed by atoms with Gasteiger partial charge in [0, 0.05) is 12.6 Å². The van der Waals surface area contributed by atoms with E-state index >= 15 is 0 Å². The maximum Gasteiger partial charge on any atom is 0.293 e. The standard InChI is InChI=1S/C10H13N3O4/c1-6(14)9-8(17-5-4-11)3-2-7(10(9)12)13(15)16/h2-3H,4-5,11-12H2,1H3. The lowest BCUT2D eigenvalue weighted by Gasteiger charge is -2.10. The van der Waals surface area contributed by atoms with Gasteiger partial charge in [-0.05, 0) is 13.0 Å². The monoisotopic (exact) mass is 239 g/mol. The topological polar surface area (TPSA) is 121 Å². The third kappa shape index (κ3) is 2.70. The highest BCUT2D eigenvalue weighted by molar-refractivity contribution is 6.03. The summed E-state index contributed by atoms with van der Waals surface area (Å²) in [5.41, 5.74) is 10.4. The molecule has 0 radical (unpaired) electrons. The average molecular weight is 239 g/mol. The summed E-state index contributed by atoms with van der Waals surface area (Å²) >= 11 is 0. The number of ketones is 1. The lowest BCUT2D eigenvalue weighted by atomic mass is 10.1. The Balaban J connectivity index is 3.29. The number of carbonyl (C=O) groups excluding carboxylic acids is 1. The molecule has 4 N–H and O–H groups in total. The molecule has 1 rings (SSSR count). The van der Waals surface area contributed by atoms with Crippen LogP contribution in [0.1, 0.15) is 17.3 Å². The van der Waals surface area contributed by atoms with Crippen molar-refractivity contribution in [2.75, 3.05) is 18.9 Å². The molecule has 0 aromatic heterocycles. The quantitative estimate of drug-likeness (QED) is 0.338. The normalized spacial score (nSPS) is 10.0. The molecule has 0 aliphatic heterocycles. The van der Waals surface area contributed by atoms with E-state index in [-0.39, 0.29) is 35.8 Å². The molecule has 0 aliphatic carbocycles. The largest absolute Gasteiger partial charge is 0.491 e. The number of benzene rings is 1. The van der Waals surface area contributed by atoms with Crippen LogP contribution in [-0.2, 0) is 0 Å². The number of hydrogen-bond acceptors (Lipinski definition) is 6. The molecular weight excluding hydrogens is 226 g/mol. The van der Waals surface area contributed by atoms with Crippen molar-refractivity contribution in [3.05, 3.63) is 27.8 Å². The number of hydrogen-bond donors (Lipinski definition) is 2. The third-order valence-corrected chi connectivity index (χ3v) is 2.11. The van der Waals surface area contributed by atoms with Crippen LogP contribution in [-0.4, -0.2) is 23.9 Å². The van der Waals surface area contributed by atoms with E-state index in [1.54, 1.807) is 0 Å². The van der Waals surface area contributed by atoms with Crippen LogP contribution in [0.25, 0.3) is 0 Å². The summed E-state index contributed by atoms with van der Waals surface area (Å²) in [7, 11) is 0. The highest BCUT2D eigenvalue weighted by Gasteiger charge is 2.21. The summed E-state index contributed by atoms with van der Waals surface area (Å²) in [6.07, 6.45) is 0. The van der Waals surface area contributed by atoms with E-state index in [1.165, 1.54) is 19.1 Å². The molecule has 0 saturated heterocycles. The Bertz CT molecular complexity index is 459. The summed E-state index contributed by atoms with van der Waals surface area (Å²) in [6, 6.07) is 2.55. The first kappa shape index (κ1) is 12.9. The Hall–Kier alpha value is -2.15. The Kier molecular flexibility index (Phi) is 4.00. The number of carbonyl (C=O) groups is 1. The van der Waals surface area contributed by atoms with Gasteiger partial charge in [-0.15, -0.1) is 0 Å². The molecule has 0 saturated carbocycles. The number of nitro benzene ring substituents is 1. The number of rotatable bonds is 5. The van der Waals surface area contributed by atoms with Crippen molar-refractivity contribution in [2.45, 2.75) is 6.92 Å². The molecule has 0 atom stereocenters. The summed E-state index contributed by atoms with van der Waals surface area (Å²) in [4.78, 5) is 21.4. The number of nitrogens with two attached hydrogens (primary N) is 2.